The first-order chi connectivity index (χ1) is 25.0. The molecule has 4 unspecified atom stereocenters. The van der Waals surface area contributed by atoms with Crippen molar-refractivity contribution < 1.29 is 25.2 Å². The molecule has 0 heterocycles. The Balaban J connectivity index is 3.71. The van der Waals surface area contributed by atoms with Crippen LogP contribution in [0.2, 0.25) is 0 Å². The molecule has 0 aromatic heterocycles. The van der Waals surface area contributed by atoms with Gasteiger partial charge in [-0.25, -0.2) is 0 Å². The molecular formula is C45H87NO5. The molecule has 0 saturated heterocycles. The summed E-state index contributed by atoms with van der Waals surface area (Å²) in [5.74, 6) is -0.596. The number of aliphatic hydroxyl groups excluding tert-OH is 4. The van der Waals surface area contributed by atoms with Gasteiger partial charge in [0.05, 0.1) is 18.8 Å². The van der Waals surface area contributed by atoms with Gasteiger partial charge in [-0.15, -0.1) is 0 Å². The van der Waals surface area contributed by atoms with Crippen LogP contribution in [-0.4, -0.2) is 57.3 Å². The highest BCUT2D eigenvalue weighted by atomic mass is 16.3. The molecule has 0 rings (SSSR count). The van der Waals surface area contributed by atoms with Gasteiger partial charge in [0.15, 0.2) is 0 Å². The summed E-state index contributed by atoms with van der Waals surface area (Å²) in [4.78, 5) is 12.5. The summed E-state index contributed by atoms with van der Waals surface area (Å²) in [6, 6.07) is -1.00. The van der Waals surface area contributed by atoms with E-state index in [2.05, 4.69) is 43.5 Å². The van der Waals surface area contributed by atoms with Gasteiger partial charge in [-0.2, -0.15) is 0 Å². The highest BCUT2D eigenvalue weighted by Gasteiger charge is 2.28. The fraction of sp³-hybridized carbons (Fsp3) is 0.889. The molecule has 6 nitrogen and oxygen atoms in total. The Kier molecular flexibility index (Phi) is 39.0. The topological polar surface area (TPSA) is 110 Å². The Bertz CT molecular complexity index is 772. The highest BCUT2D eigenvalue weighted by Crippen LogP contribution is 2.16. The number of amides is 1. The first kappa shape index (κ1) is 49.8. The number of nitrogens with one attached hydrogen (secondary N) is 1. The SMILES string of the molecule is CCCCCC/C=C/CC/C=C/CCCC(O)C(O)C(CO)NC(=O)C(O)CCCCCCCCCCCCCCCCCCCCCCCC. The minimum absolute atomic E-state index is 0.364. The number of unbranched alkanes of at least 4 members (excludes halogenated alkanes) is 27. The van der Waals surface area contributed by atoms with E-state index in [1.54, 1.807) is 0 Å². The first-order valence-corrected chi connectivity index (χ1v) is 22.2. The second kappa shape index (κ2) is 40.0. The van der Waals surface area contributed by atoms with Crippen LogP contribution in [0.1, 0.15) is 226 Å². The predicted octanol–water partition coefficient (Wildman–Crippen LogP) is 11.6. The Hall–Kier alpha value is -1.21. The van der Waals surface area contributed by atoms with Gasteiger partial charge >= 0.3 is 0 Å². The average Bonchev–Trinajstić information content (AvgIpc) is 3.13. The average molecular weight is 722 g/mol. The van der Waals surface area contributed by atoms with E-state index in [9.17, 15) is 25.2 Å². The maximum Gasteiger partial charge on any atom is 0.249 e. The number of aliphatic hydroxyl groups is 4. The monoisotopic (exact) mass is 722 g/mol. The minimum atomic E-state index is -1.29. The molecule has 6 heteroatoms. The second-order valence-corrected chi connectivity index (χ2v) is 15.4. The van der Waals surface area contributed by atoms with Crippen molar-refractivity contribution in [3.8, 4) is 0 Å². The summed E-state index contributed by atoms with van der Waals surface area (Å²) in [7, 11) is 0. The van der Waals surface area contributed by atoms with Crippen LogP contribution in [0.4, 0.5) is 0 Å². The van der Waals surface area contributed by atoms with E-state index in [-0.39, 0.29) is 0 Å². The van der Waals surface area contributed by atoms with Gasteiger partial charge in [-0.3, -0.25) is 4.79 Å². The standard InChI is InChI=1S/C45H87NO5/c1-3-5-7-9-11-13-15-17-18-19-20-21-22-23-24-25-27-29-31-33-35-37-39-43(49)45(51)46-41(40-47)44(50)42(48)38-36-34-32-30-28-26-16-14-12-10-8-6-4-2/h14,16,30,32,41-44,47-50H,3-13,15,17-29,31,33-40H2,1-2H3,(H,46,51)/b16-14+,32-30+. The molecule has 0 spiro atoms. The van der Waals surface area contributed by atoms with Crippen molar-refractivity contribution in [3.05, 3.63) is 24.3 Å². The van der Waals surface area contributed by atoms with Crippen LogP contribution in [0.5, 0.6) is 0 Å². The molecule has 5 N–H and O–H groups in total. The lowest BCUT2D eigenvalue weighted by Crippen LogP contribution is -2.53. The molecule has 0 aliphatic rings. The van der Waals surface area contributed by atoms with Crippen molar-refractivity contribution in [1.82, 2.24) is 5.32 Å². The van der Waals surface area contributed by atoms with Gasteiger partial charge in [-0.05, 0) is 51.4 Å². The highest BCUT2D eigenvalue weighted by molar-refractivity contribution is 5.80. The number of allylic oxidation sites excluding steroid dienone is 4. The lowest BCUT2D eigenvalue weighted by atomic mass is 10.00. The quantitative estimate of drug-likeness (QED) is 0.0320. The molecule has 51 heavy (non-hydrogen) atoms. The smallest absolute Gasteiger partial charge is 0.249 e. The summed E-state index contributed by atoms with van der Waals surface area (Å²) in [5.41, 5.74) is 0. The molecule has 0 aromatic carbocycles. The Morgan fingerprint density at radius 1 is 0.471 bits per heavy atom. The van der Waals surface area contributed by atoms with Crippen LogP contribution in [0.3, 0.4) is 0 Å². The molecule has 4 atom stereocenters. The molecule has 302 valence electrons. The summed E-state index contributed by atoms with van der Waals surface area (Å²) in [6.45, 7) is 4.02. The molecule has 0 radical (unpaired) electrons. The zero-order valence-electron chi connectivity index (χ0n) is 33.9. The van der Waals surface area contributed by atoms with Gasteiger partial charge in [0, 0.05) is 0 Å². The number of carbonyl (C=O) groups excluding carboxylic acids is 1. The summed E-state index contributed by atoms with van der Waals surface area (Å²) in [5, 5.41) is 43.6. The van der Waals surface area contributed by atoms with Crippen LogP contribution < -0.4 is 5.32 Å². The van der Waals surface area contributed by atoms with Gasteiger partial charge in [0.2, 0.25) is 5.91 Å². The Morgan fingerprint density at radius 3 is 1.24 bits per heavy atom. The van der Waals surface area contributed by atoms with Crippen LogP contribution in [0.15, 0.2) is 24.3 Å². The fourth-order valence-corrected chi connectivity index (χ4v) is 6.83. The van der Waals surface area contributed by atoms with Crippen LogP contribution in [-0.2, 0) is 4.79 Å². The number of carbonyl (C=O) groups is 1. The Labute approximate surface area is 316 Å². The van der Waals surface area contributed by atoms with E-state index in [1.165, 1.54) is 148 Å². The molecule has 0 aromatic rings. The fourth-order valence-electron chi connectivity index (χ4n) is 6.83. The number of hydrogen-bond acceptors (Lipinski definition) is 5. The predicted molar refractivity (Wildman–Crippen MR) is 219 cm³/mol. The van der Waals surface area contributed by atoms with Crippen LogP contribution in [0, 0.1) is 0 Å². The van der Waals surface area contributed by atoms with Crippen molar-refractivity contribution in [3.63, 3.8) is 0 Å². The number of hydrogen-bond donors (Lipinski definition) is 5. The van der Waals surface area contributed by atoms with Crippen LogP contribution >= 0.6 is 0 Å². The molecule has 1 amide bonds. The van der Waals surface area contributed by atoms with E-state index < -0.39 is 36.9 Å². The van der Waals surface area contributed by atoms with E-state index in [4.69, 9.17) is 0 Å². The molecular weight excluding hydrogens is 634 g/mol. The van der Waals surface area contributed by atoms with Gasteiger partial charge in [-0.1, -0.05) is 199 Å². The van der Waals surface area contributed by atoms with E-state index in [1.807, 2.05) is 0 Å². The van der Waals surface area contributed by atoms with Crippen molar-refractivity contribution in [1.29, 1.82) is 0 Å². The van der Waals surface area contributed by atoms with E-state index >= 15 is 0 Å². The van der Waals surface area contributed by atoms with Crippen LogP contribution in [0.25, 0.3) is 0 Å². The number of rotatable bonds is 40. The van der Waals surface area contributed by atoms with Crippen molar-refractivity contribution >= 4 is 5.91 Å². The summed E-state index contributed by atoms with van der Waals surface area (Å²) in [6.07, 6.45) is 45.0. The summed E-state index contributed by atoms with van der Waals surface area (Å²) < 4.78 is 0. The third-order valence-electron chi connectivity index (χ3n) is 10.4. The second-order valence-electron chi connectivity index (χ2n) is 15.4. The Morgan fingerprint density at radius 2 is 0.824 bits per heavy atom. The molecule has 0 aliphatic carbocycles. The maximum absolute atomic E-state index is 12.5. The van der Waals surface area contributed by atoms with Crippen molar-refractivity contribution in [2.75, 3.05) is 6.61 Å². The summed E-state index contributed by atoms with van der Waals surface area (Å²) >= 11 is 0. The van der Waals surface area contributed by atoms with Crippen molar-refractivity contribution in [2.45, 2.75) is 250 Å². The zero-order chi connectivity index (χ0) is 37.5. The van der Waals surface area contributed by atoms with Gasteiger partial charge in [0.25, 0.3) is 0 Å². The van der Waals surface area contributed by atoms with E-state index in [0.29, 0.717) is 19.3 Å². The lowest BCUT2D eigenvalue weighted by Gasteiger charge is -2.27. The van der Waals surface area contributed by atoms with Gasteiger partial charge < -0.3 is 25.7 Å². The maximum atomic E-state index is 12.5. The van der Waals surface area contributed by atoms with Crippen molar-refractivity contribution in [2.24, 2.45) is 0 Å². The minimum Gasteiger partial charge on any atom is -0.394 e. The first-order valence-electron chi connectivity index (χ1n) is 22.2. The molecule has 0 saturated carbocycles. The molecule has 0 aliphatic heterocycles. The zero-order valence-corrected chi connectivity index (χ0v) is 33.9. The normalized spacial score (nSPS) is 14.4. The molecule has 0 bridgehead atoms. The third-order valence-corrected chi connectivity index (χ3v) is 10.4. The lowest BCUT2D eigenvalue weighted by molar-refractivity contribution is -0.132. The third kappa shape index (κ3) is 34.3. The molecule has 0 fully saturated rings. The van der Waals surface area contributed by atoms with E-state index in [0.717, 1.165) is 44.9 Å². The largest absolute Gasteiger partial charge is 0.394 e. The van der Waals surface area contributed by atoms with Gasteiger partial charge in [0.1, 0.15) is 12.2 Å².